The number of fused-ring (bicyclic) bond motifs is 4. The molecule has 0 saturated heterocycles. The van der Waals surface area contributed by atoms with Gasteiger partial charge in [-0.3, -0.25) is 4.79 Å². The lowest BCUT2D eigenvalue weighted by Crippen LogP contribution is -2.40. The van der Waals surface area contributed by atoms with E-state index in [0.717, 1.165) is 53.4 Å². The Balaban J connectivity index is 1.62. The van der Waals surface area contributed by atoms with Crippen LogP contribution < -0.4 is 10.9 Å². The summed E-state index contributed by atoms with van der Waals surface area (Å²) in [6.45, 7) is 3.72. The smallest absolute Gasteiger partial charge is 0.339 e. The Morgan fingerprint density at radius 2 is 1.87 bits per heavy atom. The lowest BCUT2D eigenvalue weighted by molar-refractivity contribution is -0.142. The van der Waals surface area contributed by atoms with Gasteiger partial charge in [0.05, 0.1) is 0 Å². The van der Waals surface area contributed by atoms with Crippen LogP contribution in [-0.2, 0) is 28.9 Å². The molecule has 164 valence electrons. The first-order valence-electron chi connectivity index (χ1n) is 10.9. The first-order chi connectivity index (χ1) is 14.9. The molecule has 1 aromatic carbocycles. The van der Waals surface area contributed by atoms with Crippen molar-refractivity contribution in [3.63, 3.8) is 0 Å². The Morgan fingerprint density at radius 1 is 1.13 bits per heavy atom. The molecule has 2 N–H and O–H groups in total. The van der Waals surface area contributed by atoms with Crippen LogP contribution in [0.3, 0.4) is 0 Å². The highest BCUT2D eigenvalue weighted by Crippen LogP contribution is 2.35. The van der Waals surface area contributed by atoms with Crippen molar-refractivity contribution in [3.05, 3.63) is 45.0 Å². The van der Waals surface area contributed by atoms with E-state index in [1.54, 1.807) is 6.07 Å². The highest BCUT2D eigenvalue weighted by atomic mass is 16.4. The fourth-order valence-electron chi connectivity index (χ4n) is 4.48. The minimum absolute atomic E-state index is 0.0218. The summed E-state index contributed by atoms with van der Waals surface area (Å²) in [4.78, 5) is 36.1. The van der Waals surface area contributed by atoms with Gasteiger partial charge in [-0.05, 0) is 50.7 Å². The van der Waals surface area contributed by atoms with Crippen molar-refractivity contribution in [1.82, 2.24) is 5.32 Å². The second-order valence-electron chi connectivity index (χ2n) is 8.30. The maximum absolute atomic E-state index is 12.6. The molecule has 4 rings (SSSR count). The van der Waals surface area contributed by atoms with E-state index >= 15 is 0 Å². The van der Waals surface area contributed by atoms with E-state index in [2.05, 4.69) is 5.32 Å². The third kappa shape index (κ3) is 4.09. The lowest BCUT2D eigenvalue weighted by atomic mass is 9.94. The summed E-state index contributed by atoms with van der Waals surface area (Å²) < 4.78 is 11.6. The SMILES string of the molecule is CCC[C@@H](NC(=O)CCc1c(C)c2cc3c4c(oc3cc2oc1=O)CCCC4)C(=O)O. The highest BCUT2D eigenvalue weighted by Gasteiger charge is 2.22. The van der Waals surface area contributed by atoms with Crippen LogP contribution in [0.5, 0.6) is 0 Å². The number of carboxylic acids is 1. The van der Waals surface area contributed by atoms with Gasteiger partial charge in [-0.15, -0.1) is 0 Å². The van der Waals surface area contributed by atoms with Gasteiger partial charge in [0.15, 0.2) is 0 Å². The summed E-state index contributed by atoms with van der Waals surface area (Å²) in [5.41, 5.74) is 3.21. The van der Waals surface area contributed by atoms with Crippen LogP contribution in [0.4, 0.5) is 0 Å². The predicted octanol–water partition coefficient (Wildman–Crippen LogP) is 4.03. The molecule has 0 saturated carbocycles. The van der Waals surface area contributed by atoms with E-state index < -0.39 is 17.6 Å². The average molecular weight is 425 g/mol. The number of carboxylic acid groups (broad SMARTS) is 1. The second kappa shape index (κ2) is 8.57. The Labute approximate surface area is 179 Å². The summed E-state index contributed by atoms with van der Waals surface area (Å²) in [7, 11) is 0. The van der Waals surface area contributed by atoms with Crippen molar-refractivity contribution < 1.29 is 23.5 Å². The van der Waals surface area contributed by atoms with Crippen LogP contribution in [0.2, 0.25) is 0 Å². The van der Waals surface area contributed by atoms with Gasteiger partial charge < -0.3 is 19.3 Å². The highest BCUT2D eigenvalue weighted by molar-refractivity contribution is 5.97. The van der Waals surface area contributed by atoms with Gasteiger partial charge in [-0.1, -0.05) is 13.3 Å². The number of rotatable bonds is 7. The molecule has 2 aromatic heterocycles. The summed E-state index contributed by atoms with van der Waals surface area (Å²) >= 11 is 0. The molecule has 1 aliphatic rings. The molecule has 31 heavy (non-hydrogen) atoms. The Morgan fingerprint density at radius 3 is 2.61 bits per heavy atom. The molecule has 0 unspecified atom stereocenters. The van der Waals surface area contributed by atoms with Gasteiger partial charge in [0, 0.05) is 40.8 Å². The van der Waals surface area contributed by atoms with Crippen LogP contribution >= 0.6 is 0 Å². The number of nitrogens with one attached hydrogen (secondary N) is 1. The number of hydrogen-bond donors (Lipinski definition) is 2. The van der Waals surface area contributed by atoms with E-state index in [9.17, 15) is 19.5 Å². The first kappa shape index (κ1) is 21.2. The number of hydrogen-bond acceptors (Lipinski definition) is 5. The molecule has 0 fully saturated rings. The number of benzene rings is 1. The fraction of sp³-hybridized carbons (Fsp3) is 0.458. The summed E-state index contributed by atoms with van der Waals surface area (Å²) in [6.07, 6.45) is 5.40. The van der Waals surface area contributed by atoms with Crippen LogP contribution in [0.15, 0.2) is 25.8 Å². The molecule has 2 heterocycles. The van der Waals surface area contributed by atoms with Gasteiger partial charge in [0.25, 0.3) is 0 Å². The third-order valence-corrected chi connectivity index (χ3v) is 6.18. The van der Waals surface area contributed by atoms with E-state index in [-0.39, 0.29) is 18.7 Å². The molecule has 1 amide bonds. The monoisotopic (exact) mass is 425 g/mol. The number of carbonyl (C=O) groups excluding carboxylic acids is 1. The van der Waals surface area contributed by atoms with Crippen LogP contribution in [0.1, 0.15) is 61.5 Å². The molecule has 0 radical (unpaired) electrons. The van der Waals surface area contributed by atoms with Gasteiger partial charge in [-0.2, -0.15) is 0 Å². The Bertz CT molecular complexity index is 1220. The van der Waals surface area contributed by atoms with Crippen molar-refractivity contribution in [2.24, 2.45) is 0 Å². The standard InChI is InChI=1S/C24H27NO6/c1-3-6-18(23(27)28)25-22(26)10-9-14-13(2)16-11-17-15-7-4-5-8-19(15)30-21(17)12-20(16)31-24(14)29/h11-12,18H,3-10H2,1-2H3,(H,25,26)(H,27,28)/t18-/m1/s1. The zero-order valence-corrected chi connectivity index (χ0v) is 17.9. The van der Waals surface area contributed by atoms with E-state index in [4.69, 9.17) is 8.83 Å². The molecule has 0 bridgehead atoms. The van der Waals surface area contributed by atoms with Crippen molar-refractivity contribution in [2.75, 3.05) is 0 Å². The van der Waals surface area contributed by atoms with E-state index in [0.29, 0.717) is 24.0 Å². The van der Waals surface area contributed by atoms with E-state index in [1.165, 1.54) is 5.56 Å². The summed E-state index contributed by atoms with van der Waals surface area (Å²) in [6, 6.07) is 2.91. The minimum Gasteiger partial charge on any atom is -0.480 e. The maximum atomic E-state index is 12.6. The van der Waals surface area contributed by atoms with Crippen molar-refractivity contribution in [3.8, 4) is 0 Å². The quantitative estimate of drug-likeness (QED) is 0.553. The largest absolute Gasteiger partial charge is 0.480 e. The molecule has 7 nitrogen and oxygen atoms in total. The summed E-state index contributed by atoms with van der Waals surface area (Å²) in [5, 5.41) is 13.6. The van der Waals surface area contributed by atoms with Gasteiger partial charge in [0.1, 0.15) is 23.0 Å². The number of aliphatic carboxylic acids is 1. The Kier molecular flexibility index (Phi) is 5.85. The number of furan rings is 1. The number of carbonyl (C=O) groups is 2. The van der Waals surface area contributed by atoms with Crippen molar-refractivity contribution in [1.29, 1.82) is 0 Å². The zero-order valence-electron chi connectivity index (χ0n) is 17.9. The summed E-state index contributed by atoms with van der Waals surface area (Å²) in [5.74, 6) is -0.420. The van der Waals surface area contributed by atoms with Gasteiger partial charge in [-0.25, -0.2) is 9.59 Å². The maximum Gasteiger partial charge on any atom is 0.339 e. The molecular formula is C24H27NO6. The average Bonchev–Trinajstić information content (AvgIpc) is 3.09. The molecule has 3 aromatic rings. The van der Waals surface area contributed by atoms with Gasteiger partial charge in [0.2, 0.25) is 5.91 Å². The molecular weight excluding hydrogens is 398 g/mol. The lowest BCUT2D eigenvalue weighted by Gasteiger charge is -2.14. The predicted molar refractivity (Wildman–Crippen MR) is 116 cm³/mol. The van der Waals surface area contributed by atoms with Crippen LogP contribution in [0, 0.1) is 6.92 Å². The topological polar surface area (TPSA) is 110 Å². The minimum atomic E-state index is -1.05. The molecule has 0 aliphatic heterocycles. The fourth-order valence-corrected chi connectivity index (χ4v) is 4.48. The first-order valence-corrected chi connectivity index (χ1v) is 10.9. The van der Waals surface area contributed by atoms with Crippen LogP contribution in [0.25, 0.3) is 21.9 Å². The third-order valence-electron chi connectivity index (χ3n) is 6.18. The van der Waals surface area contributed by atoms with Crippen molar-refractivity contribution in [2.45, 2.75) is 71.3 Å². The molecule has 7 heteroatoms. The molecule has 1 atom stereocenters. The number of amides is 1. The van der Waals surface area contributed by atoms with Crippen molar-refractivity contribution >= 4 is 33.8 Å². The molecule has 1 aliphatic carbocycles. The normalized spacial score (nSPS) is 14.5. The zero-order chi connectivity index (χ0) is 22.1. The Hall–Kier alpha value is -3.09. The molecule has 0 spiro atoms. The van der Waals surface area contributed by atoms with Gasteiger partial charge >= 0.3 is 11.6 Å². The van der Waals surface area contributed by atoms with Crippen LogP contribution in [-0.4, -0.2) is 23.0 Å². The number of aryl methyl sites for hydroxylation is 3. The van der Waals surface area contributed by atoms with E-state index in [1.807, 2.05) is 19.9 Å². The second-order valence-corrected chi connectivity index (χ2v) is 8.30.